The van der Waals surface area contributed by atoms with Gasteiger partial charge < -0.3 is 5.32 Å². The van der Waals surface area contributed by atoms with Crippen molar-refractivity contribution in [2.24, 2.45) is 0 Å². The summed E-state index contributed by atoms with van der Waals surface area (Å²) in [5, 5.41) is 4.15. The number of rotatable bonds is 4. The van der Waals surface area contributed by atoms with Gasteiger partial charge in [0.2, 0.25) is 5.91 Å². The number of hydrogen-bond acceptors (Lipinski definition) is 1. The Bertz CT molecular complexity index is 412. The van der Waals surface area contributed by atoms with Crippen LogP contribution in [0.2, 0.25) is 0 Å². The molecule has 104 valence electrons. The van der Waals surface area contributed by atoms with Crippen LogP contribution >= 0.6 is 15.9 Å². The van der Waals surface area contributed by atoms with Gasteiger partial charge in [0.15, 0.2) is 0 Å². The molecule has 0 aromatic heterocycles. The topological polar surface area (TPSA) is 29.1 Å². The van der Waals surface area contributed by atoms with Crippen LogP contribution in [0.15, 0.2) is 30.3 Å². The number of amides is 1. The smallest absolute Gasteiger partial charge is 0.227 e. The highest BCUT2D eigenvalue weighted by molar-refractivity contribution is 9.09. The van der Waals surface area contributed by atoms with Gasteiger partial charge in [0.25, 0.3) is 0 Å². The van der Waals surface area contributed by atoms with Crippen molar-refractivity contribution < 1.29 is 4.79 Å². The minimum absolute atomic E-state index is 0.0294. The summed E-state index contributed by atoms with van der Waals surface area (Å²) in [5.74, 6) is 0.0617. The molecule has 0 heterocycles. The van der Waals surface area contributed by atoms with Crippen LogP contribution in [0.5, 0.6) is 0 Å². The molecule has 1 aliphatic rings. The van der Waals surface area contributed by atoms with Gasteiger partial charge in [-0.3, -0.25) is 4.79 Å². The molecular weight excluding hydrogens is 302 g/mol. The Labute approximate surface area is 124 Å². The number of alkyl halides is 1. The van der Waals surface area contributed by atoms with E-state index < -0.39 is 0 Å². The van der Waals surface area contributed by atoms with Crippen molar-refractivity contribution in [1.29, 1.82) is 0 Å². The third-order valence-electron chi connectivity index (χ3n) is 4.15. The summed E-state index contributed by atoms with van der Waals surface area (Å²) in [6.45, 7) is 1.98. The summed E-state index contributed by atoms with van der Waals surface area (Å²) >= 11 is 3.59. The first-order chi connectivity index (χ1) is 9.17. The highest BCUT2D eigenvalue weighted by Gasteiger charge is 2.33. The van der Waals surface area contributed by atoms with Crippen molar-refractivity contribution in [3.05, 3.63) is 35.9 Å². The monoisotopic (exact) mass is 323 g/mol. The highest BCUT2D eigenvalue weighted by atomic mass is 79.9. The Morgan fingerprint density at radius 2 is 1.89 bits per heavy atom. The molecule has 1 unspecified atom stereocenters. The maximum absolute atomic E-state index is 12.4. The summed E-state index contributed by atoms with van der Waals surface area (Å²) in [6.07, 6.45) is 5.90. The lowest BCUT2D eigenvalue weighted by atomic mass is 9.82. The molecule has 0 spiro atoms. The van der Waals surface area contributed by atoms with E-state index >= 15 is 0 Å². The highest BCUT2D eigenvalue weighted by Crippen LogP contribution is 2.30. The standard InChI is InChI=1S/C16H22BrNO/c1-13(14-8-4-2-5-9-14)15(19)18-16(12-17)10-6-3-7-11-16/h2,4-5,8-9,13H,3,6-7,10-12H2,1H3,(H,18,19). The number of carbonyl (C=O) groups excluding carboxylic acids is 1. The molecule has 1 aliphatic carbocycles. The average molecular weight is 324 g/mol. The van der Waals surface area contributed by atoms with Gasteiger partial charge in [-0.2, -0.15) is 0 Å². The van der Waals surface area contributed by atoms with Crippen molar-refractivity contribution in [1.82, 2.24) is 5.32 Å². The molecule has 1 amide bonds. The molecule has 0 bridgehead atoms. The van der Waals surface area contributed by atoms with Crippen molar-refractivity contribution in [3.8, 4) is 0 Å². The lowest BCUT2D eigenvalue weighted by Crippen LogP contribution is -2.52. The molecule has 3 heteroatoms. The van der Waals surface area contributed by atoms with Gasteiger partial charge in [0.05, 0.1) is 5.92 Å². The van der Waals surface area contributed by atoms with Crippen LogP contribution in [0.4, 0.5) is 0 Å². The Kier molecular flexibility index (Phi) is 5.03. The Morgan fingerprint density at radius 1 is 1.26 bits per heavy atom. The molecule has 1 fully saturated rings. The molecule has 0 saturated heterocycles. The minimum atomic E-state index is -0.0842. The molecule has 1 saturated carbocycles. The van der Waals surface area contributed by atoms with Gasteiger partial charge in [0.1, 0.15) is 0 Å². The zero-order valence-electron chi connectivity index (χ0n) is 11.5. The number of nitrogens with one attached hydrogen (secondary N) is 1. The van der Waals surface area contributed by atoms with E-state index in [9.17, 15) is 4.79 Å². The van der Waals surface area contributed by atoms with Crippen LogP contribution in [-0.4, -0.2) is 16.8 Å². The predicted octanol–water partition coefficient (Wildman–Crippen LogP) is 4.00. The SMILES string of the molecule is CC(C(=O)NC1(CBr)CCCCC1)c1ccccc1. The normalized spacial score (nSPS) is 19.7. The first-order valence-corrected chi connectivity index (χ1v) is 8.22. The van der Waals surface area contributed by atoms with Crippen LogP contribution < -0.4 is 5.32 Å². The van der Waals surface area contributed by atoms with Crippen LogP contribution in [0.25, 0.3) is 0 Å². The van der Waals surface area contributed by atoms with Crippen LogP contribution in [-0.2, 0) is 4.79 Å². The zero-order valence-corrected chi connectivity index (χ0v) is 13.1. The zero-order chi connectivity index (χ0) is 13.7. The van der Waals surface area contributed by atoms with Crippen LogP contribution in [0, 0.1) is 0 Å². The van der Waals surface area contributed by atoms with E-state index in [1.807, 2.05) is 37.3 Å². The van der Waals surface area contributed by atoms with Gasteiger partial charge in [-0.15, -0.1) is 0 Å². The van der Waals surface area contributed by atoms with Crippen molar-refractivity contribution in [2.75, 3.05) is 5.33 Å². The quantitative estimate of drug-likeness (QED) is 0.833. The van der Waals surface area contributed by atoms with E-state index in [0.29, 0.717) is 0 Å². The Hall–Kier alpha value is -0.830. The van der Waals surface area contributed by atoms with E-state index in [4.69, 9.17) is 0 Å². The van der Waals surface area contributed by atoms with Crippen molar-refractivity contribution in [3.63, 3.8) is 0 Å². The molecular formula is C16H22BrNO. The summed E-state index contributed by atoms with van der Waals surface area (Å²) in [4.78, 5) is 12.4. The number of hydrogen-bond donors (Lipinski definition) is 1. The molecule has 0 radical (unpaired) electrons. The Balaban J connectivity index is 2.03. The van der Waals surface area contributed by atoms with E-state index in [2.05, 4.69) is 21.2 Å². The van der Waals surface area contributed by atoms with E-state index in [1.165, 1.54) is 19.3 Å². The van der Waals surface area contributed by atoms with E-state index in [-0.39, 0.29) is 17.4 Å². The maximum atomic E-state index is 12.4. The average Bonchev–Trinajstić information content (AvgIpc) is 2.48. The first-order valence-electron chi connectivity index (χ1n) is 7.10. The van der Waals surface area contributed by atoms with E-state index in [1.54, 1.807) is 0 Å². The molecule has 2 nitrogen and oxygen atoms in total. The van der Waals surface area contributed by atoms with Crippen LogP contribution in [0.3, 0.4) is 0 Å². The summed E-state index contributed by atoms with van der Waals surface area (Å²) < 4.78 is 0. The van der Waals surface area contributed by atoms with Crippen molar-refractivity contribution in [2.45, 2.75) is 50.5 Å². The second-order valence-corrected chi connectivity index (χ2v) is 6.16. The molecule has 2 rings (SSSR count). The van der Waals surface area contributed by atoms with Gasteiger partial charge >= 0.3 is 0 Å². The second kappa shape index (κ2) is 6.56. The maximum Gasteiger partial charge on any atom is 0.227 e. The van der Waals surface area contributed by atoms with Gasteiger partial charge in [-0.1, -0.05) is 65.5 Å². The number of benzene rings is 1. The Morgan fingerprint density at radius 3 is 2.47 bits per heavy atom. The number of halogens is 1. The number of carbonyl (C=O) groups is 1. The molecule has 1 atom stereocenters. The second-order valence-electron chi connectivity index (χ2n) is 5.60. The molecule has 0 aliphatic heterocycles. The molecule has 1 N–H and O–H groups in total. The molecule has 1 aromatic carbocycles. The third kappa shape index (κ3) is 3.59. The summed E-state index contributed by atoms with van der Waals surface area (Å²) in [5.41, 5.74) is 1.05. The summed E-state index contributed by atoms with van der Waals surface area (Å²) in [6, 6.07) is 9.99. The largest absolute Gasteiger partial charge is 0.349 e. The fraction of sp³-hybridized carbons (Fsp3) is 0.562. The van der Waals surface area contributed by atoms with Gasteiger partial charge in [0, 0.05) is 10.9 Å². The third-order valence-corrected chi connectivity index (χ3v) is 5.22. The fourth-order valence-electron chi connectivity index (χ4n) is 2.78. The predicted molar refractivity (Wildman–Crippen MR) is 82.6 cm³/mol. The summed E-state index contributed by atoms with van der Waals surface area (Å²) in [7, 11) is 0. The van der Waals surface area contributed by atoms with Gasteiger partial charge in [-0.25, -0.2) is 0 Å². The van der Waals surface area contributed by atoms with Gasteiger partial charge in [-0.05, 0) is 25.3 Å². The van der Waals surface area contributed by atoms with Crippen LogP contribution in [0.1, 0.15) is 50.5 Å². The molecule has 19 heavy (non-hydrogen) atoms. The fourth-order valence-corrected chi connectivity index (χ4v) is 3.48. The first kappa shape index (κ1) is 14.6. The van der Waals surface area contributed by atoms with E-state index in [0.717, 1.165) is 23.7 Å². The molecule has 1 aromatic rings. The lowest BCUT2D eigenvalue weighted by molar-refractivity contribution is -0.124. The van der Waals surface area contributed by atoms with Crippen molar-refractivity contribution >= 4 is 21.8 Å². The lowest BCUT2D eigenvalue weighted by Gasteiger charge is -2.37. The minimum Gasteiger partial charge on any atom is -0.349 e.